The summed E-state index contributed by atoms with van der Waals surface area (Å²) in [5, 5.41) is 10.8. The lowest BCUT2D eigenvalue weighted by molar-refractivity contribution is 0.0624. The molecule has 0 saturated carbocycles. The van der Waals surface area contributed by atoms with Gasteiger partial charge in [0.1, 0.15) is 11.2 Å². The molecule has 2 N–H and O–H groups in total. The van der Waals surface area contributed by atoms with Crippen LogP contribution in [0.1, 0.15) is 144 Å². The first kappa shape index (κ1) is 47.8. The lowest BCUT2D eigenvalue weighted by Gasteiger charge is -2.23. The van der Waals surface area contributed by atoms with Crippen LogP contribution in [0.15, 0.2) is 109 Å². The second-order valence-corrected chi connectivity index (χ2v) is 19.5. The molecule has 0 atom stereocenters. The van der Waals surface area contributed by atoms with E-state index in [1.165, 1.54) is 119 Å². The minimum absolute atomic E-state index is 0.460. The number of rotatable bonds is 19. The van der Waals surface area contributed by atoms with Crippen LogP contribution in [-0.4, -0.2) is 23.4 Å². The summed E-state index contributed by atoms with van der Waals surface area (Å²) >= 11 is 0. The van der Waals surface area contributed by atoms with Gasteiger partial charge in [-0.25, -0.2) is 9.59 Å². The highest BCUT2D eigenvalue weighted by molar-refractivity contribution is 6.14. The van der Waals surface area contributed by atoms with Crippen molar-refractivity contribution in [3.63, 3.8) is 0 Å². The Morgan fingerprint density at radius 2 is 0.766 bits per heavy atom. The number of fused-ring (bicyclic) bond motifs is 2. The van der Waals surface area contributed by atoms with Crippen molar-refractivity contribution in [3.05, 3.63) is 120 Å². The lowest BCUT2D eigenvalue weighted by atomic mass is 9.80. The van der Waals surface area contributed by atoms with E-state index in [1.54, 1.807) is 0 Å². The molecule has 6 heteroatoms. The minimum Gasteiger partial charge on any atom is -0.444 e. The molecule has 0 radical (unpaired) electrons. The van der Waals surface area contributed by atoms with E-state index in [0.717, 1.165) is 36.8 Å². The van der Waals surface area contributed by atoms with Gasteiger partial charge in [0.25, 0.3) is 0 Å². The third-order valence-electron chi connectivity index (χ3n) is 11.8. The van der Waals surface area contributed by atoms with E-state index < -0.39 is 23.4 Å². The number of unbranched alkanes of at least 4 members (excludes halogenated alkanes) is 10. The Hall–Kier alpha value is -5.62. The fourth-order valence-corrected chi connectivity index (χ4v) is 8.83. The number of aryl methyl sites for hydroxylation is 2. The highest BCUT2D eigenvalue weighted by Crippen LogP contribution is 2.46. The summed E-state index contributed by atoms with van der Waals surface area (Å²) in [5.41, 5.74) is 10.3. The van der Waals surface area contributed by atoms with Crippen LogP contribution in [0.4, 0.5) is 21.0 Å². The first-order valence-corrected chi connectivity index (χ1v) is 24.0. The van der Waals surface area contributed by atoms with Gasteiger partial charge in [-0.1, -0.05) is 151 Å². The van der Waals surface area contributed by atoms with Crippen LogP contribution in [0, 0.1) is 0 Å². The summed E-state index contributed by atoms with van der Waals surface area (Å²) in [5.74, 6) is 0. The van der Waals surface area contributed by atoms with Gasteiger partial charge in [0, 0.05) is 11.4 Å². The number of nitrogens with one attached hydrogen (secondary N) is 2. The van der Waals surface area contributed by atoms with Gasteiger partial charge in [0.15, 0.2) is 0 Å². The van der Waals surface area contributed by atoms with Gasteiger partial charge in [0.05, 0.1) is 0 Å². The second-order valence-electron chi connectivity index (χ2n) is 19.5. The van der Waals surface area contributed by atoms with E-state index in [1.807, 2.05) is 65.8 Å². The van der Waals surface area contributed by atoms with Gasteiger partial charge < -0.3 is 9.47 Å². The highest BCUT2D eigenvalue weighted by Gasteiger charge is 2.23. The Bertz CT molecular complexity index is 2300. The Labute approximate surface area is 383 Å². The van der Waals surface area contributed by atoms with E-state index in [4.69, 9.17) is 9.47 Å². The quantitative estimate of drug-likeness (QED) is 0.0796. The number of carbonyl (C=O) groups excluding carboxylic acids is 2. The maximum absolute atomic E-state index is 12.6. The molecule has 0 spiro atoms. The van der Waals surface area contributed by atoms with Gasteiger partial charge in [-0.15, -0.1) is 0 Å². The smallest absolute Gasteiger partial charge is 0.412 e. The summed E-state index contributed by atoms with van der Waals surface area (Å²) in [6, 6.07) is 39.2. The predicted octanol–water partition coefficient (Wildman–Crippen LogP) is 17.5. The number of carbonyl (C=O) groups is 2. The van der Waals surface area contributed by atoms with Crippen molar-refractivity contribution in [2.24, 2.45) is 0 Å². The first-order valence-electron chi connectivity index (χ1n) is 24.0. The monoisotopic (exact) mass is 861 g/mol. The molecule has 338 valence electrons. The van der Waals surface area contributed by atoms with Crippen LogP contribution in [0.2, 0.25) is 0 Å². The second kappa shape index (κ2) is 22.3. The van der Waals surface area contributed by atoms with Crippen LogP contribution in [0.25, 0.3) is 54.9 Å². The van der Waals surface area contributed by atoms with Gasteiger partial charge in [-0.2, -0.15) is 0 Å². The summed E-state index contributed by atoms with van der Waals surface area (Å²) in [4.78, 5) is 25.3. The number of amides is 2. The molecule has 0 aromatic heterocycles. The highest BCUT2D eigenvalue weighted by atomic mass is 16.6. The third kappa shape index (κ3) is 13.2. The van der Waals surface area contributed by atoms with Gasteiger partial charge in [0.2, 0.25) is 0 Å². The topological polar surface area (TPSA) is 76.7 Å². The molecule has 0 fully saturated rings. The van der Waals surface area contributed by atoms with Gasteiger partial charge in [-0.05, 0) is 170 Å². The first-order chi connectivity index (χ1) is 30.7. The zero-order valence-corrected chi connectivity index (χ0v) is 39.9. The van der Waals surface area contributed by atoms with E-state index >= 15 is 0 Å². The molecule has 6 rings (SSSR count). The number of anilines is 2. The zero-order valence-electron chi connectivity index (χ0n) is 39.9. The number of ether oxygens (including phenoxy) is 2. The molecule has 6 aromatic rings. The van der Waals surface area contributed by atoms with E-state index in [9.17, 15) is 9.59 Å². The Morgan fingerprint density at radius 1 is 0.438 bits per heavy atom. The van der Waals surface area contributed by atoms with Crippen LogP contribution < -0.4 is 10.6 Å². The van der Waals surface area contributed by atoms with Crippen molar-refractivity contribution < 1.29 is 19.1 Å². The SMILES string of the molecule is CCCCCCCCc1cc(-c2ccc(NC(=O)OC(C)(C)C)cc2)c2ccccc2c1-c1c(CCCCCCCC)cc(-c2ccc(NC(=O)OC(C)(C)C)cc2)c2ccccc12. The van der Waals surface area contributed by atoms with E-state index in [0.29, 0.717) is 11.4 Å². The summed E-state index contributed by atoms with van der Waals surface area (Å²) in [7, 11) is 0. The average molecular weight is 861 g/mol. The van der Waals surface area contributed by atoms with Crippen molar-refractivity contribution in [2.45, 2.75) is 156 Å². The van der Waals surface area contributed by atoms with Crippen LogP contribution in [0.5, 0.6) is 0 Å². The third-order valence-corrected chi connectivity index (χ3v) is 11.8. The van der Waals surface area contributed by atoms with Crippen molar-refractivity contribution in [3.8, 4) is 33.4 Å². The van der Waals surface area contributed by atoms with E-state index in [2.05, 4.69) is 109 Å². The molecule has 64 heavy (non-hydrogen) atoms. The van der Waals surface area contributed by atoms with Crippen molar-refractivity contribution >= 4 is 45.1 Å². The maximum atomic E-state index is 12.6. The molecule has 0 heterocycles. The maximum Gasteiger partial charge on any atom is 0.412 e. The van der Waals surface area contributed by atoms with Crippen LogP contribution >= 0.6 is 0 Å². The molecule has 0 bridgehead atoms. The number of hydrogen-bond donors (Lipinski definition) is 2. The molecule has 6 aromatic carbocycles. The van der Waals surface area contributed by atoms with Crippen LogP contribution in [0.3, 0.4) is 0 Å². The summed E-state index contributed by atoms with van der Waals surface area (Å²) in [6.45, 7) is 15.8. The summed E-state index contributed by atoms with van der Waals surface area (Å²) in [6.07, 6.45) is 15.8. The Balaban J connectivity index is 1.50. The van der Waals surface area contributed by atoms with Gasteiger partial charge in [-0.3, -0.25) is 10.6 Å². The largest absolute Gasteiger partial charge is 0.444 e. The standard InChI is InChI=1S/C58H72N2O4/c1-9-11-13-15-17-19-25-43-39-51(41-31-35-45(36-32-41)59-55(61)63-57(3,4)5)47-27-21-23-29-49(47)53(43)54-44(26-20-18-16-14-12-10-2)40-52(48-28-22-24-30-50(48)54)42-33-37-46(38-34-42)60-56(62)64-58(6,7)8/h21-24,27-40H,9-20,25-26H2,1-8H3,(H,59,61)(H,60,62). The predicted molar refractivity (Wildman–Crippen MR) is 272 cm³/mol. The molecule has 0 unspecified atom stereocenters. The fraction of sp³-hybridized carbons (Fsp3) is 0.414. The molecule has 0 aliphatic rings. The van der Waals surface area contributed by atoms with Crippen LogP contribution in [-0.2, 0) is 22.3 Å². The van der Waals surface area contributed by atoms with Crippen molar-refractivity contribution in [1.29, 1.82) is 0 Å². The molecule has 0 aliphatic heterocycles. The van der Waals surface area contributed by atoms with Crippen molar-refractivity contribution in [2.75, 3.05) is 10.6 Å². The molecule has 2 amide bonds. The molecule has 6 nitrogen and oxygen atoms in total. The van der Waals surface area contributed by atoms with E-state index in [-0.39, 0.29) is 0 Å². The molecular formula is C58H72N2O4. The summed E-state index contributed by atoms with van der Waals surface area (Å²) < 4.78 is 11.1. The normalized spacial score (nSPS) is 11.8. The molecule has 0 aliphatic carbocycles. The molecule has 0 saturated heterocycles. The Kier molecular flexibility index (Phi) is 16.7. The number of hydrogen-bond acceptors (Lipinski definition) is 4. The van der Waals surface area contributed by atoms with Gasteiger partial charge >= 0.3 is 12.2 Å². The fourth-order valence-electron chi connectivity index (χ4n) is 8.83. The average Bonchev–Trinajstić information content (AvgIpc) is 3.25. The zero-order chi connectivity index (χ0) is 45.7. The molecular weight excluding hydrogens is 789 g/mol. The number of benzene rings is 6. The van der Waals surface area contributed by atoms with Crippen molar-refractivity contribution in [1.82, 2.24) is 0 Å². The lowest BCUT2D eigenvalue weighted by Crippen LogP contribution is -2.27. The minimum atomic E-state index is -0.578. The Morgan fingerprint density at radius 3 is 1.11 bits per heavy atom.